The first-order valence-corrected chi connectivity index (χ1v) is 10.8. The van der Waals surface area contributed by atoms with Gasteiger partial charge in [-0.3, -0.25) is 9.69 Å². The van der Waals surface area contributed by atoms with Crippen molar-refractivity contribution in [1.29, 1.82) is 5.26 Å². The standard InChI is InChI=1S/C20H21N5O3S/c1-20(18(26)25(19(22)24-20)10-9-23-29(2,27)28)17-8-4-7-16(12-17)15-6-3-5-14(11-15)13-21/h3-8,11-12,23H,9-10H2,1-2H3,(H2,22,24). The Balaban J connectivity index is 1.88. The minimum Gasteiger partial charge on any atom is -0.369 e. The number of carbonyl (C=O) groups excluding carboxylic acids is 1. The van der Waals surface area contributed by atoms with Gasteiger partial charge >= 0.3 is 0 Å². The van der Waals surface area contributed by atoms with Gasteiger partial charge < -0.3 is 5.73 Å². The maximum atomic E-state index is 13.1. The second kappa shape index (κ2) is 7.66. The molecule has 1 aliphatic heterocycles. The smallest absolute Gasteiger partial charge is 0.261 e. The summed E-state index contributed by atoms with van der Waals surface area (Å²) in [6.07, 6.45) is 1.05. The summed E-state index contributed by atoms with van der Waals surface area (Å²) in [5.41, 5.74) is 7.65. The van der Waals surface area contributed by atoms with Gasteiger partial charge in [-0.1, -0.05) is 30.3 Å². The Morgan fingerprint density at radius 1 is 1.21 bits per heavy atom. The number of hydrogen-bond acceptors (Lipinski definition) is 6. The SMILES string of the molecule is CC1(c2cccc(-c3cccc(C#N)c3)c2)N=C(N)N(CCNS(C)(=O)=O)C1=O. The summed E-state index contributed by atoms with van der Waals surface area (Å²) in [4.78, 5) is 18.7. The number of nitrogens with zero attached hydrogens (tertiary/aromatic N) is 3. The van der Waals surface area contributed by atoms with Gasteiger partial charge in [-0.2, -0.15) is 5.26 Å². The number of carbonyl (C=O) groups is 1. The zero-order valence-electron chi connectivity index (χ0n) is 16.1. The van der Waals surface area contributed by atoms with Crippen LogP contribution in [0.5, 0.6) is 0 Å². The van der Waals surface area contributed by atoms with Gasteiger partial charge in [0.1, 0.15) is 0 Å². The number of nitrogens with two attached hydrogens (primary N) is 1. The topological polar surface area (TPSA) is 129 Å². The third-order valence-electron chi connectivity index (χ3n) is 4.73. The normalized spacial score (nSPS) is 19.1. The van der Waals surface area contributed by atoms with E-state index in [0.29, 0.717) is 11.1 Å². The minimum atomic E-state index is -3.37. The third-order valence-corrected chi connectivity index (χ3v) is 5.45. The summed E-state index contributed by atoms with van der Waals surface area (Å²) in [5.74, 6) is -0.280. The molecule has 0 spiro atoms. The van der Waals surface area contributed by atoms with Crippen molar-refractivity contribution in [3.05, 3.63) is 59.7 Å². The first kappa shape index (κ1) is 20.5. The van der Waals surface area contributed by atoms with E-state index in [4.69, 9.17) is 11.0 Å². The predicted molar refractivity (Wildman–Crippen MR) is 110 cm³/mol. The number of aliphatic imine (C=N–C) groups is 1. The van der Waals surface area contributed by atoms with Crippen LogP contribution in [-0.2, 0) is 20.4 Å². The maximum Gasteiger partial charge on any atom is 0.261 e. The molecule has 1 amide bonds. The van der Waals surface area contributed by atoms with E-state index in [2.05, 4.69) is 15.8 Å². The molecule has 2 aromatic rings. The maximum absolute atomic E-state index is 13.1. The summed E-state index contributed by atoms with van der Waals surface area (Å²) >= 11 is 0. The fourth-order valence-corrected chi connectivity index (χ4v) is 3.68. The lowest BCUT2D eigenvalue weighted by atomic mass is 9.89. The van der Waals surface area contributed by atoms with Crippen LogP contribution in [0.15, 0.2) is 53.5 Å². The van der Waals surface area contributed by atoms with E-state index in [1.165, 1.54) is 4.90 Å². The molecule has 1 heterocycles. The Labute approximate surface area is 169 Å². The molecule has 8 nitrogen and oxygen atoms in total. The van der Waals surface area contributed by atoms with Crippen molar-refractivity contribution >= 4 is 21.9 Å². The van der Waals surface area contributed by atoms with E-state index in [0.717, 1.165) is 17.4 Å². The number of benzene rings is 2. The number of rotatable bonds is 6. The molecule has 3 N–H and O–H groups in total. The lowest BCUT2D eigenvalue weighted by molar-refractivity contribution is -0.130. The van der Waals surface area contributed by atoms with E-state index < -0.39 is 15.6 Å². The number of hydrogen-bond donors (Lipinski definition) is 2. The van der Waals surface area contributed by atoms with Crippen LogP contribution in [0.3, 0.4) is 0 Å². The van der Waals surface area contributed by atoms with Crippen LogP contribution in [0.25, 0.3) is 11.1 Å². The van der Waals surface area contributed by atoms with Gasteiger partial charge in [0.15, 0.2) is 11.5 Å². The first-order valence-electron chi connectivity index (χ1n) is 8.87. The lowest BCUT2D eigenvalue weighted by Gasteiger charge is -2.23. The minimum absolute atomic E-state index is 0.0395. The fraction of sp³-hybridized carbons (Fsp3) is 0.250. The van der Waals surface area contributed by atoms with Gasteiger partial charge in [-0.15, -0.1) is 0 Å². The van der Waals surface area contributed by atoms with E-state index in [-0.39, 0.29) is 25.0 Å². The van der Waals surface area contributed by atoms with Crippen LogP contribution < -0.4 is 10.5 Å². The van der Waals surface area contributed by atoms with Crippen LogP contribution in [0.4, 0.5) is 0 Å². The van der Waals surface area contributed by atoms with Crippen LogP contribution in [0.1, 0.15) is 18.1 Å². The van der Waals surface area contributed by atoms with E-state index in [1.54, 1.807) is 31.2 Å². The Hall–Kier alpha value is -3.22. The highest BCUT2D eigenvalue weighted by Crippen LogP contribution is 2.34. The van der Waals surface area contributed by atoms with Crippen molar-refractivity contribution in [2.24, 2.45) is 10.7 Å². The zero-order chi connectivity index (χ0) is 21.2. The fourth-order valence-electron chi connectivity index (χ4n) is 3.22. The molecule has 29 heavy (non-hydrogen) atoms. The van der Waals surface area contributed by atoms with Crippen LogP contribution in [0.2, 0.25) is 0 Å². The van der Waals surface area contributed by atoms with Gasteiger partial charge in [-0.05, 0) is 41.8 Å². The summed E-state index contributed by atoms with van der Waals surface area (Å²) in [5, 5.41) is 9.12. The highest BCUT2D eigenvalue weighted by atomic mass is 32.2. The van der Waals surface area contributed by atoms with Gasteiger partial charge in [-0.25, -0.2) is 18.1 Å². The second-order valence-electron chi connectivity index (χ2n) is 6.94. The van der Waals surface area contributed by atoms with E-state index >= 15 is 0 Å². The molecular formula is C20H21N5O3S. The molecule has 0 saturated heterocycles. The van der Waals surface area contributed by atoms with Crippen molar-refractivity contribution in [3.63, 3.8) is 0 Å². The molecule has 0 aliphatic carbocycles. The monoisotopic (exact) mass is 411 g/mol. The quantitative estimate of drug-likeness (QED) is 0.737. The number of guanidine groups is 1. The third kappa shape index (κ3) is 4.29. The van der Waals surface area contributed by atoms with E-state index in [1.807, 2.05) is 24.3 Å². The van der Waals surface area contributed by atoms with Crippen LogP contribution in [0, 0.1) is 11.3 Å². The Kier molecular flexibility index (Phi) is 5.42. The molecule has 9 heteroatoms. The van der Waals surface area contributed by atoms with Gasteiger partial charge in [0.05, 0.1) is 17.9 Å². The molecule has 0 saturated carbocycles. The summed E-state index contributed by atoms with van der Waals surface area (Å²) in [6, 6.07) is 16.7. The van der Waals surface area contributed by atoms with Gasteiger partial charge in [0.2, 0.25) is 10.0 Å². The molecule has 0 aromatic heterocycles. The van der Waals surface area contributed by atoms with Crippen LogP contribution >= 0.6 is 0 Å². The van der Waals surface area contributed by atoms with Crippen LogP contribution in [-0.4, -0.2) is 44.5 Å². The number of nitriles is 1. The molecule has 1 aliphatic rings. The summed E-state index contributed by atoms with van der Waals surface area (Å²) < 4.78 is 24.8. The van der Waals surface area contributed by atoms with Crippen molar-refractivity contribution in [2.45, 2.75) is 12.5 Å². The zero-order valence-corrected chi connectivity index (χ0v) is 16.9. The Bertz CT molecular complexity index is 1140. The predicted octanol–water partition coefficient (Wildman–Crippen LogP) is 1.15. The molecule has 1 unspecified atom stereocenters. The Morgan fingerprint density at radius 2 is 1.86 bits per heavy atom. The highest BCUT2D eigenvalue weighted by Gasteiger charge is 2.45. The number of nitrogens with one attached hydrogen (secondary N) is 1. The molecular weight excluding hydrogens is 390 g/mol. The van der Waals surface area contributed by atoms with Crippen molar-refractivity contribution in [2.75, 3.05) is 19.3 Å². The average molecular weight is 411 g/mol. The molecule has 0 fully saturated rings. The molecule has 0 bridgehead atoms. The summed E-state index contributed by atoms with van der Waals surface area (Å²) in [7, 11) is -3.37. The molecule has 1 atom stereocenters. The number of sulfonamides is 1. The number of amides is 1. The van der Waals surface area contributed by atoms with E-state index in [9.17, 15) is 13.2 Å². The first-order chi connectivity index (χ1) is 13.6. The van der Waals surface area contributed by atoms with Crippen molar-refractivity contribution in [3.8, 4) is 17.2 Å². The second-order valence-corrected chi connectivity index (χ2v) is 8.77. The van der Waals surface area contributed by atoms with Crippen molar-refractivity contribution < 1.29 is 13.2 Å². The van der Waals surface area contributed by atoms with Crippen molar-refractivity contribution in [1.82, 2.24) is 9.62 Å². The largest absolute Gasteiger partial charge is 0.369 e. The van der Waals surface area contributed by atoms with Gasteiger partial charge in [0, 0.05) is 13.1 Å². The highest BCUT2D eigenvalue weighted by molar-refractivity contribution is 7.88. The lowest BCUT2D eigenvalue weighted by Crippen LogP contribution is -2.45. The molecule has 2 aromatic carbocycles. The average Bonchev–Trinajstić information content (AvgIpc) is 2.91. The molecule has 0 radical (unpaired) electrons. The molecule has 150 valence electrons. The van der Waals surface area contributed by atoms with Gasteiger partial charge in [0.25, 0.3) is 5.91 Å². The Morgan fingerprint density at radius 3 is 2.52 bits per heavy atom. The summed E-state index contributed by atoms with van der Waals surface area (Å²) in [6.45, 7) is 1.80. The molecule has 3 rings (SSSR count).